The first-order valence-electron chi connectivity index (χ1n) is 7.44. The molecule has 0 fully saturated rings. The van der Waals surface area contributed by atoms with Crippen molar-refractivity contribution in [2.24, 2.45) is 0 Å². The quantitative estimate of drug-likeness (QED) is 0.774. The lowest BCUT2D eigenvalue weighted by Crippen LogP contribution is -2.40. The number of aliphatic carboxylic acids is 1. The molecule has 1 aromatic rings. The van der Waals surface area contributed by atoms with Crippen LogP contribution in [-0.2, 0) is 4.79 Å². The Labute approximate surface area is 131 Å². The van der Waals surface area contributed by atoms with E-state index >= 15 is 0 Å². The lowest BCUT2D eigenvalue weighted by Gasteiger charge is -2.24. The van der Waals surface area contributed by atoms with Crippen molar-refractivity contribution < 1.29 is 19.4 Å². The van der Waals surface area contributed by atoms with Crippen LogP contribution in [0.3, 0.4) is 0 Å². The van der Waals surface area contributed by atoms with Crippen molar-refractivity contribution in [2.45, 2.75) is 32.7 Å². The predicted octanol–water partition coefficient (Wildman–Crippen LogP) is 2.65. The van der Waals surface area contributed by atoms with Gasteiger partial charge in [-0.15, -0.1) is 0 Å². The minimum atomic E-state index is -0.923. The van der Waals surface area contributed by atoms with Gasteiger partial charge in [-0.3, -0.25) is 4.79 Å². The number of carboxylic acid groups (broad SMARTS) is 1. The maximum absolute atomic E-state index is 12.1. The fourth-order valence-corrected chi connectivity index (χ4v) is 2.08. The van der Waals surface area contributed by atoms with Gasteiger partial charge in [0.15, 0.2) is 0 Å². The second-order valence-corrected chi connectivity index (χ2v) is 4.95. The maximum Gasteiger partial charge on any atom is 0.317 e. The van der Waals surface area contributed by atoms with Crippen molar-refractivity contribution in [3.05, 3.63) is 29.8 Å². The van der Waals surface area contributed by atoms with Crippen molar-refractivity contribution in [3.8, 4) is 5.75 Å². The standard InChI is InChI=1S/C16H24N2O4/c1-4-13(12-8-6-7-9-14(12)22-5-2)17-16(21)18(3)11-10-15(19)20/h6-9,13H,4-5,10-11H2,1-3H3,(H,17,21)(H,19,20). The molecule has 122 valence electrons. The van der Waals surface area contributed by atoms with E-state index in [-0.39, 0.29) is 25.0 Å². The number of rotatable bonds is 8. The Morgan fingerprint density at radius 3 is 2.59 bits per heavy atom. The number of benzene rings is 1. The SMILES string of the molecule is CCOc1ccccc1C(CC)NC(=O)N(C)CCC(=O)O. The number of carbonyl (C=O) groups excluding carboxylic acids is 1. The van der Waals surface area contributed by atoms with Crippen molar-refractivity contribution >= 4 is 12.0 Å². The third-order valence-electron chi connectivity index (χ3n) is 3.31. The third kappa shape index (κ3) is 5.27. The third-order valence-corrected chi connectivity index (χ3v) is 3.31. The fraction of sp³-hybridized carbons (Fsp3) is 0.500. The van der Waals surface area contributed by atoms with E-state index < -0.39 is 5.97 Å². The Balaban J connectivity index is 2.76. The van der Waals surface area contributed by atoms with Gasteiger partial charge in [0, 0.05) is 19.2 Å². The number of ether oxygens (including phenoxy) is 1. The van der Waals surface area contributed by atoms with Gasteiger partial charge in [0.1, 0.15) is 5.75 Å². The molecule has 22 heavy (non-hydrogen) atoms. The molecule has 0 spiro atoms. The number of carboxylic acids is 1. The van der Waals surface area contributed by atoms with Gasteiger partial charge in [0.2, 0.25) is 0 Å². The number of carbonyl (C=O) groups is 2. The predicted molar refractivity (Wildman–Crippen MR) is 84.1 cm³/mol. The molecule has 0 aliphatic carbocycles. The second kappa shape index (κ2) is 8.92. The molecule has 0 saturated heterocycles. The van der Waals surface area contributed by atoms with Crippen LogP contribution in [0.4, 0.5) is 4.79 Å². The van der Waals surface area contributed by atoms with E-state index in [1.807, 2.05) is 38.1 Å². The molecule has 1 rings (SSSR count). The molecule has 0 radical (unpaired) electrons. The van der Waals surface area contributed by atoms with Crippen molar-refractivity contribution in [2.75, 3.05) is 20.2 Å². The summed E-state index contributed by atoms with van der Waals surface area (Å²) in [6.45, 7) is 4.62. The van der Waals surface area contributed by atoms with Crippen molar-refractivity contribution in [3.63, 3.8) is 0 Å². The monoisotopic (exact) mass is 308 g/mol. The molecule has 0 aromatic heterocycles. The molecular formula is C16H24N2O4. The van der Waals surface area contributed by atoms with Gasteiger partial charge >= 0.3 is 12.0 Å². The van der Waals surface area contributed by atoms with E-state index in [4.69, 9.17) is 9.84 Å². The van der Waals surface area contributed by atoms with E-state index in [0.717, 1.165) is 11.3 Å². The lowest BCUT2D eigenvalue weighted by atomic mass is 10.0. The Bertz CT molecular complexity index is 505. The number of nitrogens with one attached hydrogen (secondary N) is 1. The number of para-hydroxylation sites is 1. The fourth-order valence-electron chi connectivity index (χ4n) is 2.08. The minimum Gasteiger partial charge on any atom is -0.494 e. The smallest absolute Gasteiger partial charge is 0.317 e. The van der Waals surface area contributed by atoms with Gasteiger partial charge < -0.3 is 20.1 Å². The van der Waals surface area contributed by atoms with Crippen LogP contribution in [0.5, 0.6) is 5.75 Å². The van der Waals surface area contributed by atoms with Crippen LogP contribution in [0.25, 0.3) is 0 Å². The van der Waals surface area contributed by atoms with E-state index in [2.05, 4.69) is 5.32 Å². The summed E-state index contributed by atoms with van der Waals surface area (Å²) in [7, 11) is 1.58. The molecule has 0 saturated carbocycles. The number of urea groups is 1. The molecule has 0 bridgehead atoms. The zero-order valence-electron chi connectivity index (χ0n) is 13.3. The van der Waals surface area contributed by atoms with Gasteiger partial charge in [0.25, 0.3) is 0 Å². The van der Waals surface area contributed by atoms with Crippen LogP contribution in [-0.4, -0.2) is 42.2 Å². The normalized spacial score (nSPS) is 11.6. The zero-order chi connectivity index (χ0) is 16.5. The van der Waals surface area contributed by atoms with Crippen LogP contribution in [0.2, 0.25) is 0 Å². The first-order valence-corrected chi connectivity index (χ1v) is 7.44. The van der Waals surface area contributed by atoms with E-state index in [1.165, 1.54) is 4.90 Å². The molecule has 2 amide bonds. The number of hydrogen-bond donors (Lipinski definition) is 2. The van der Waals surface area contributed by atoms with Gasteiger partial charge in [0.05, 0.1) is 19.1 Å². The summed E-state index contributed by atoms with van der Waals surface area (Å²) in [5.41, 5.74) is 0.923. The van der Waals surface area contributed by atoms with Crippen molar-refractivity contribution in [1.82, 2.24) is 10.2 Å². The molecule has 0 aliphatic rings. The highest BCUT2D eigenvalue weighted by atomic mass is 16.5. The summed E-state index contributed by atoms with van der Waals surface area (Å²) in [4.78, 5) is 24.1. The highest BCUT2D eigenvalue weighted by Gasteiger charge is 2.19. The van der Waals surface area contributed by atoms with Crippen molar-refractivity contribution in [1.29, 1.82) is 0 Å². The number of nitrogens with zero attached hydrogens (tertiary/aromatic N) is 1. The first kappa shape index (κ1) is 17.8. The molecule has 2 N–H and O–H groups in total. The van der Waals surface area contributed by atoms with Crippen LogP contribution in [0.1, 0.15) is 38.3 Å². The molecular weight excluding hydrogens is 284 g/mol. The summed E-state index contributed by atoms with van der Waals surface area (Å²) in [6, 6.07) is 7.13. The van der Waals surface area contributed by atoms with Crippen LogP contribution in [0.15, 0.2) is 24.3 Å². The summed E-state index contributed by atoms with van der Waals surface area (Å²) in [5.74, 6) is -0.168. The highest BCUT2D eigenvalue weighted by molar-refractivity contribution is 5.75. The van der Waals surface area contributed by atoms with Gasteiger partial charge in [-0.25, -0.2) is 4.79 Å². The van der Waals surface area contributed by atoms with Crippen LogP contribution >= 0.6 is 0 Å². The van der Waals surface area contributed by atoms with Crippen LogP contribution < -0.4 is 10.1 Å². The Morgan fingerprint density at radius 2 is 2.00 bits per heavy atom. The summed E-state index contributed by atoms with van der Waals surface area (Å²) in [5, 5.41) is 11.6. The summed E-state index contributed by atoms with van der Waals surface area (Å²) < 4.78 is 5.60. The van der Waals surface area contributed by atoms with Gasteiger partial charge in [-0.05, 0) is 19.4 Å². The van der Waals surface area contributed by atoms with Gasteiger partial charge in [-0.1, -0.05) is 25.1 Å². The van der Waals surface area contributed by atoms with Crippen LogP contribution in [0, 0.1) is 0 Å². The minimum absolute atomic E-state index is 0.0732. The molecule has 0 heterocycles. The molecule has 6 heteroatoms. The average molecular weight is 308 g/mol. The van der Waals surface area contributed by atoms with E-state index in [9.17, 15) is 9.59 Å². The largest absolute Gasteiger partial charge is 0.494 e. The maximum atomic E-state index is 12.1. The van der Waals surface area contributed by atoms with E-state index in [0.29, 0.717) is 13.0 Å². The Morgan fingerprint density at radius 1 is 1.32 bits per heavy atom. The average Bonchev–Trinajstić information content (AvgIpc) is 2.51. The highest BCUT2D eigenvalue weighted by Crippen LogP contribution is 2.27. The zero-order valence-corrected chi connectivity index (χ0v) is 13.3. The molecule has 1 atom stereocenters. The van der Waals surface area contributed by atoms with Gasteiger partial charge in [-0.2, -0.15) is 0 Å². The summed E-state index contributed by atoms with van der Waals surface area (Å²) in [6.07, 6.45) is 0.638. The summed E-state index contributed by atoms with van der Waals surface area (Å²) >= 11 is 0. The first-order chi connectivity index (χ1) is 10.5. The molecule has 1 unspecified atom stereocenters. The number of hydrogen-bond acceptors (Lipinski definition) is 3. The Hall–Kier alpha value is -2.24. The molecule has 6 nitrogen and oxygen atoms in total. The topological polar surface area (TPSA) is 78.9 Å². The molecule has 0 aliphatic heterocycles. The second-order valence-electron chi connectivity index (χ2n) is 4.95. The lowest BCUT2D eigenvalue weighted by molar-refractivity contribution is -0.137. The number of amides is 2. The van der Waals surface area contributed by atoms with E-state index in [1.54, 1.807) is 7.05 Å². The molecule has 1 aromatic carbocycles. The Kier molecular flexibility index (Phi) is 7.22.